The van der Waals surface area contributed by atoms with Gasteiger partial charge in [-0.1, -0.05) is 27.2 Å². The van der Waals surface area contributed by atoms with Gasteiger partial charge >= 0.3 is 0 Å². The van der Waals surface area contributed by atoms with Crippen LogP contribution in [0.4, 0.5) is 0 Å². The molecule has 0 heterocycles. The van der Waals surface area contributed by atoms with Crippen molar-refractivity contribution < 1.29 is 5.11 Å². The molecule has 0 aliphatic heterocycles. The predicted molar refractivity (Wildman–Crippen MR) is 49.8 cm³/mol. The molecule has 1 N–H and O–H groups in total. The first-order valence-electron chi connectivity index (χ1n) is 5.25. The molecule has 0 saturated heterocycles. The van der Waals surface area contributed by atoms with Crippen LogP contribution in [0.5, 0.6) is 0 Å². The fourth-order valence-corrected chi connectivity index (χ4v) is 3.47. The summed E-state index contributed by atoms with van der Waals surface area (Å²) in [4.78, 5) is 0. The molecule has 0 amide bonds. The highest BCUT2D eigenvalue weighted by atomic mass is 16.3. The fraction of sp³-hybridized carbons (Fsp3) is 1.00. The lowest BCUT2D eigenvalue weighted by molar-refractivity contribution is -0.161. The first-order chi connectivity index (χ1) is 5.57. The van der Waals surface area contributed by atoms with E-state index in [9.17, 15) is 5.11 Å². The van der Waals surface area contributed by atoms with Crippen molar-refractivity contribution in [1.82, 2.24) is 0 Å². The van der Waals surface area contributed by atoms with Gasteiger partial charge in [-0.05, 0) is 36.0 Å². The van der Waals surface area contributed by atoms with Crippen LogP contribution in [0.15, 0.2) is 0 Å². The summed E-state index contributed by atoms with van der Waals surface area (Å²) in [6.07, 6.45) is 3.60. The highest BCUT2D eigenvalue weighted by molar-refractivity contribution is 5.05. The zero-order valence-corrected chi connectivity index (χ0v) is 8.38. The van der Waals surface area contributed by atoms with Gasteiger partial charge in [0.05, 0.1) is 6.10 Å². The third-order valence-corrected chi connectivity index (χ3v) is 4.55. The zero-order chi connectivity index (χ0) is 8.93. The normalized spacial score (nSPS) is 50.0. The molecule has 2 bridgehead atoms. The summed E-state index contributed by atoms with van der Waals surface area (Å²) in [7, 11) is 0. The maximum Gasteiger partial charge on any atom is 0.0574 e. The number of fused-ring (bicyclic) bond motifs is 2. The molecule has 1 heteroatoms. The molecule has 70 valence electrons. The molecule has 0 aromatic heterocycles. The van der Waals surface area contributed by atoms with E-state index in [1.807, 2.05) is 0 Å². The Labute approximate surface area is 75.2 Å². The van der Waals surface area contributed by atoms with E-state index in [0.717, 1.165) is 24.7 Å². The monoisotopic (exact) mass is 168 g/mol. The fourth-order valence-electron chi connectivity index (χ4n) is 3.47. The van der Waals surface area contributed by atoms with E-state index in [1.165, 1.54) is 6.42 Å². The van der Waals surface area contributed by atoms with Crippen molar-refractivity contribution in [3.05, 3.63) is 0 Å². The van der Waals surface area contributed by atoms with Crippen LogP contribution in [0.2, 0.25) is 0 Å². The van der Waals surface area contributed by atoms with Crippen LogP contribution in [0.1, 0.15) is 40.0 Å². The lowest BCUT2D eigenvalue weighted by atomic mass is 9.44. The second-order valence-electron chi connectivity index (χ2n) is 5.24. The second-order valence-corrected chi connectivity index (χ2v) is 5.24. The number of hydrogen-bond acceptors (Lipinski definition) is 1. The van der Waals surface area contributed by atoms with Gasteiger partial charge in [-0.15, -0.1) is 0 Å². The molecule has 0 aromatic carbocycles. The van der Waals surface area contributed by atoms with Crippen LogP contribution in [0, 0.1) is 23.2 Å². The summed E-state index contributed by atoms with van der Waals surface area (Å²) in [6, 6.07) is 0. The van der Waals surface area contributed by atoms with Gasteiger partial charge in [0.2, 0.25) is 0 Å². The van der Waals surface area contributed by atoms with Crippen molar-refractivity contribution in [2.24, 2.45) is 23.2 Å². The van der Waals surface area contributed by atoms with E-state index >= 15 is 0 Å². The highest BCUT2D eigenvalue weighted by Gasteiger charge is 2.56. The van der Waals surface area contributed by atoms with Gasteiger partial charge in [0.25, 0.3) is 0 Å². The zero-order valence-electron chi connectivity index (χ0n) is 8.38. The maximum atomic E-state index is 9.80. The molecular formula is C11H20O. The third-order valence-electron chi connectivity index (χ3n) is 4.55. The molecule has 3 rings (SSSR count). The Bertz CT molecular complexity index is 185. The lowest BCUT2D eigenvalue weighted by Crippen LogP contribution is -2.57. The molecule has 12 heavy (non-hydrogen) atoms. The van der Waals surface area contributed by atoms with E-state index in [2.05, 4.69) is 20.8 Å². The van der Waals surface area contributed by atoms with Crippen molar-refractivity contribution in [2.45, 2.75) is 46.1 Å². The van der Waals surface area contributed by atoms with E-state index in [1.54, 1.807) is 0 Å². The van der Waals surface area contributed by atoms with E-state index in [4.69, 9.17) is 0 Å². The molecule has 0 spiro atoms. The molecule has 3 fully saturated rings. The maximum absolute atomic E-state index is 9.80. The molecular weight excluding hydrogens is 148 g/mol. The first-order valence-corrected chi connectivity index (χ1v) is 5.25. The topological polar surface area (TPSA) is 20.2 Å². The predicted octanol–water partition coefficient (Wildman–Crippen LogP) is 2.44. The average molecular weight is 168 g/mol. The van der Waals surface area contributed by atoms with Gasteiger partial charge in [0, 0.05) is 0 Å². The Hall–Kier alpha value is -0.0400. The van der Waals surface area contributed by atoms with Crippen LogP contribution < -0.4 is 0 Å². The third kappa shape index (κ3) is 0.891. The average Bonchev–Trinajstić information content (AvgIpc) is 2.03. The van der Waals surface area contributed by atoms with Gasteiger partial charge in [-0.25, -0.2) is 0 Å². The lowest BCUT2D eigenvalue weighted by Gasteiger charge is -2.61. The number of aliphatic hydroxyl groups excluding tert-OH is 1. The molecule has 3 saturated carbocycles. The summed E-state index contributed by atoms with van der Waals surface area (Å²) < 4.78 is 0. The smallest absolute Gasteiger partial charge is 0.0574 e. The van der Waals surface area contributed by atoms with Gasteiger partial charge in [0.15, 0.2) is 0 Å². The van der Waals surface area contributed by atoms with E-state index < -0.39 is 0 Å². The molecule has 0 aromatic rings. The Balaban J connectivity index is 2.15. The molecule has 2 unspecified atom stereocenters. The standard InChI is InChI=1S/C11H20O/c1-4-8-9-5-7(6-10(8)12)11(9,2)3/h7-10,12H,4-6H2,1-3H3/t7-,8?,9+,10?/m0/s1. The van der Waals surface area contributed by atoms with Crippen LogP contribution in [-0.4, -0.2) is 11.2 Å². The molecule has 3 aliphatic carbocycles. The van der Waals surface area contributed by atoms with Gasteiger partial charge in [-0.2, -0.15) is 0 Å². The number of aliphatic hydroxyl groups is 1. The summed E-state index contributed by atoms with van der Waals surface area (Å²) >= 11 is 0. The quantitative estimate of drug-likeness (QED) is 0.637. The van der Waals surface area contributed by atoms with Crippen LogP contribution in [0.25, 0.3) is 0 Å². The largest absolute Gasteiger partial charge is 0.393 e. The Morgan fingerprint density at radius 3 is 2.42 bits per heavy atom. The van der Waals surface area contributed by atoms with Gasteiger partial charge < -0.3 is 5.11 Å². The van der Waals surface area contributed by atoms with Crippen LogP contribution >= 0.6 is 0 Å². The molecule has 0 radical (unpaired) electrons. The Morgan fingerprint density at radius 1 is 1.33 bits per heavy atom. The summed E-state index contributed by atoms with van der Waals surface area (Å²) in [5.74, 6) is 2.20. The summed E-state index contributed by atoms with van der Waals surface area (Å²) in [5.41, 5.74) is 0.528. The van der Waals surface area contributed by atoms with Gasteiger partial charge in [0.1, 0.15) is 0 Å². The van der Waals surface area contributed by atoms with Crippen LogP contribution in [0.3, 0.4) is 0 Å². The molecule has 3 aliphatic rings. The highest BCUT2D eigenvalue weighted by Crippen LogP contribution is 2.61. The SMILES string of the molecule is CCC1C(O)C[C@@H]2C[C@H]1C2(C)C. The van der Waals surface area contributed by atoms with Crippen molar-refractivity contribution in [3.63, 3.8) is 0 Å². The second kappa shape index (κ2) is 2.47. The number of hydrogen-bond donors (Lipinski definition) is 1. The van der Waals surface area contributed by atoms with Crippen molar-refractivity contribution in [1.29, 1.82) is 0 Å². The van der Waals surface area contributed by atoms with Crippen molar-refractivity contribution in [3.8, 4) is 0 Å². The van der Waals surface area contributed by atoms with Crippen molar-refractivity contribution in [2.75, 3.05) is 0 Å². The van der Waals surface area contributed by atoms with Crippen molar-refractivity contribution >= 4 is 0 Å². The van der Waals surface area contributed by atoms with Crippen LogP contribution in [-0.2, 0) is 0 Å². The molecule has 1 nitrogen and oxygen atoms in total. The Morgan fingerprint density at radius 2 is 2.00 bits per heavy atom. The Kier molecular flexibility index (Phi) is 1.76. The summed E-state index contributed by atoms with van der Waals surface area (Å²) in [6.45, 7) is 6.96. The number of rotatable bonds is 1. The summed E-state index contributed by atoms with van der Waals surface area (Å²) in [5, 5.41) is 9.80. The minimum atomic E-state index is 0.00627. The van der Waals surface area contributed by atoms with E-state index in [0.29, 0.717) is 11.3 Å². The minimum absolute atomic E-state index is 0.00627. The minimum Gasteiger partial charge on any atom is -0.393 e. The molecule has 4 atom stereocenters. The van der Waals surface area contributed by atoms with Gasteiger partial charge in [-0.3, -0.25) is 0 Å². The van der Waals surface area contributed by atoms with E-state index in [-0.39, 0.29) is 6.10 Å². The first kappa shape index (κ1) is 8.55.